The SMILES string of the molecule is Cn1cc(C(N)c2cccc(I)c2)cn1. The van der Waals surface area contributed by atoms with Crippen molar-refractivity contribution >= 4 is 22.6 Å². The van der Waals surface area contributed by atoms with Gasteiger partial charge in [-0.2, -0.15) is 5.10 Å². The summed E-state index contributed by atoms with van der Waals surface area (Å²) in [6.45, 7) is 0. The summed E-state index contributed by atoms with van der Waals surface area (Å²) in [7, 11) is 1.89. The van der Waals surface area contributed by atoms with E-state index in [4.69, 9.17) is 5.73 Å². The summed E-state index contributed by atoms with van der Waals surface area (Å²) in [6.07, 6.45) is 3.76. The number of hydrogen-bond donors (Lipinski definition) is 1. The first kappa shape index (κ1) is 10.6. The van der Waals surface area contributed by atoms with E-state index in [1.807, 2.05) is 31.6 Å². The Balaban J connectivity index is 2.32. The van der Waals surface area contributed by atoms with Gasteiger partial charge >= 0.3 is 0 Å². The van der Waals surface area contributed by atoms with Crippen molar-refractivity contribution < 1.29 is 0 Å². The molecule has 2 aromatic rings. The van der Waals surface area contributed by atoms with Crippen molar-refractivity contribution in [3.05, 3.63) is 51.4 Å². The summed E-state index contributed by atoms with van der Waals surface area (Å²) in [6, 6.07) is 8.12. The minimum Gasteiger partial charge on any atom is -0.320 e. The van der Waals surface area contributed by atoms with Gasteiger partial charge in [0.15, 0.2) is 0 Å². The predicted molar refractivity (Wildman–Crippen MR) is 68.4 cm³/mol. The number of nitrogens with zero attached hydrogens (tertiary/aromatic N) is 2. The number of rotatable bonds is 2. The second-order valence-corrected chi connectivity index (χ2v) is 4.73. The molecular weight excluding hydrogens is 301 g/mol. The third-order valence-electron chi connectivity index (χ3n) is 2.29. The molecule has 2 N–H and O–H groups in total. The molecular formula is C11H12IN3. The summed E-state index contributed by atoms with van der Waals surface area (Å²) in [4.78, 5) is 0. The van der Waals surface area contributed by atoms with Crippen LogP contribution in [0.5, 0.6) is 0 Å². The number of halogens is 1. The molecule has 0 saturated heterocycles. The Hall–Kier alpha value is -0.880. The van der Waals surface area contributed by atoms with E-state index >= 15 is 0 Å². The fraction of sp³-hybridized carbons (Fsp3) is 0.182. The third kappa shape index (κ3) is 2.38. The van der Waals surface area contributed by atoms with Gasteiger partial charge in [-0.25, -0.2) is 0 Å². The molecule has 0 aliphatic carbocycles. The molecule has 1 aromatic carbocycles. The van der Waals surface area contributed by atoms with E-state index in [-0.39, 0.29) is 6.04 Å². The predicted octanol–water partition coefficient (Wildman–Crippen LogP) is 2.07. The molecule has 0 aliphatic rings. The molecule has 0 bridgehead atoms. The normalized spacial score (nSPS) is 12.7. The zero-order valence-corrected chi connectivity index (χ0v) is 10.5. The van der Waals surface area contributed by atoms with Gasteiger partial charge in [0.1, 0.15) is 0 Å². The minimum atomic E-state index is -0.0894. The van der Waals surface area contributed by atoms with Crippen LogP contribution in [0.2, 0.25) is 0 Å². The van der Waals surface area contributed by atoms with Gasteiger partial charge in [0.2, 0.25) is 0 Å². The molecule has 2 rings (SSSR count). The Morgan fingerprint density at radius 3 is 2.80 bits per heavy atom. The fourth-order valence-electron chi connectivity index (χ4n) is 1.49. The summed E-state index contributed by atoms with van der Waals surface area (Å²) in [5, 5.41) is 4.12. The monoisotopic (exact) mass is 313 g/mol. The maximum Gasteiger partial charge on any atom is 0.0583 e. The van der Waals surface area contributed by atoms with Crippen molar-refractivity contribution in [3.8, 4) is 0 Å². The van der Waals surface area contributed by atoms with E-state index in [9.17, 15) is 0 Å². The Kier molecular flexibility index (Phi) is 3.06. The van der Waals surface area contributed by atoms with Crippen LogP contribution in [0.1, 0.15) is 17.2 Å². The van der Waals surface area contributed by atoms with Crippen molar-refractivity contribution in [2.45, 2.75) is 6.04 Å². The quantitative estimate of drug-likeness (QED) is 0.863. The average molecular weight is 313 g/mol. The largest absolute Gasteiger partial charge is 0.320 e. The fourth-order valence-corrected chi connectivity index (χ4v) is 2.06. The highest BCUT2D eigenvalue weighted by Gasteiger charge is 2.10. The Bertz CT molecular complexity index is 464. The highest BCUT2D eigenvalue weighted by molar-refractivity contribution is 14.1. The molecule has 1 atom stereocenters. The number of benzene rings is 1. The van der Waals surface area contributed by atoms with E-state index in [0.717, 1.165) is 11.1 Å². The van der Waals surface area contributed by atoms with E-state index in [2.05, 4.69) is 39.8 Å². The van der Waals surface area contributed by atoms with Crippen molar-refractivity contribution in [2.24, 2.45) is 12.8 Å². The molecule has 15 heavy (non-hydrogen) atoms. The van der Waals surface area contributed by atoms with Crippen LogP contribution in [-0.2, 0) is 7.05 Å². The maximum absolute atomic E-state index is 6.14. The standard InChI is InChI=1S/C11H12IN3/c1-15-7-9(6-14-15)11(13)8-3-2-4-10(12)5-8/h2-7,11H,13H2,1H3. The van der Waals surface area contributed by atoms with Gasteiger partial charge in [-0.05, 0) is 40.3 Å². The molecule has 0 radical (unpaired) electrons. The third-order valence-corrected chi connectivity index (χ3v) is 2.96. The van der Waals surface area contributed by atoms with Gasteiger partial charge in [-0.1, -0.05) is 12.1 Å². The van der Waals surface area contributed by atoms with E-state index in [0.29, 0.717) is 0 Å². The first-order valence-electron chi connectivity index (χ1n) is 4.66. The van der Waals surface area contributed by atoms with Gasteiger partial charge in [-0.15, -0.1) is 0 Å². The average Bonchev–Trinajstić information content (AvgIpc) is 2.64. The lowest BCUT2D eigenvalue weighted by Gasteiger charge is -2.09. The second kappa shape index (κ2) is 4.32. The van der Waals surface area contributed by atoms with Gasteiger partial charge < -0.3 is 5.73 Å². The summed E-state index contributed by atoms with van der Waals surface area (Å²) in [5.74, 6) is 0. The highest BCUT2D eigenvalue weighted by Crippen LogP contribution is 2.20. The van der Waals surface area contributed by atoms with Crippen LogP contribution >= 0.6 is 22.6 Å². The summed E-state index contributed by atoms with van der Waals surface area (Å²) >= 11 is 2.29. The molecule has 4 heteroatoms. The number of aryl methyl sites for hydroxylation is 1. The van der Waals surface area contributed by atoms with Crippen LogP contribution in [0, 0.1) is 3.57 Å². The maximum atomic E-state index is 6.14. The van der Waals surface area contributed by atoms with Crippen molar-refractivity contribution in [1.29, 1.82) is 0 Å². The van der Waals surface area contributed by atoms with Gasteiger partial charge in [0.25, 0.3) is 0 Å². The second-order valence-electron chi connectivity index (χ2n) is 3.48. The first-order valence-corrected chi connectivity index (χ1v) is 5.74. The number of aromatic nitrogens is 2. The molecule has 1 heterocycles. The smallest absolute Gasteiger partial charge is 0.0583 e. The lowest BCUT2D eigenvalue weighted by molar-refractivity contribution is 0.765. The highest BCUT2D eigenvalue weighted by atomic mass is 127. The lowest BCUT2D eigenvalue weighted by atomic mass is 10.0. The Morgan fingerprint density at radius 1 is 1.40 bits per heavy atom. The van der Waals surface area contributed by atoms with E-state index < -0.39 is 0 Å². The van der Waals surface area contributed by atoms with Crippen LogP contribution in [0.15, 0.2) is 36.7 Å². The van der Waals surface area contributed by atoms with Crippen molar-refractivity contribution in [3.63, 3.8) is 0 Å². The first-order chi connectivity index (χ1) is 7.16. The Morgan fingerprint density at radius 2 is 2.20 bits per heavy atom. The molecule has 0 fully saturated rings. The molecule has 0 amide bonds. The number of hydrogen-bond acceptors (Lipinski definition) is 2. The zero-order valence-electron chi connectivity index (χ0n) is 8.39. The van der Waals surface area contributed by atoms with Crippen LogP contribution in [0.4, 0.5) is 0 Å². The zero-order chi connectivity index (χ0) is 10.8. The molecule has 0 spiro atoms. The Labute approximate surface area is 102 Å². The molecule has 1 unspecified atom stereocenters. The van der Waals surface area contributed by atoms with E-state index in [1.165, 1.54) is 3.57 Å². The molecule has 0 aliphatic heterocycles. The van der Waals surface area contributed by atoms with Gasteiger partial charge in [0, 0.05) is 22.4 Å². The summed E-state index contributed by atoms with van der Waals surface area (Å²) in [5.41, 5.74) is 8.30. The number of nitrogens with two attached hydrogens (primary N) is 1. The van der Waals surface area contributed by atoms with Gasteiger partial charge in [0.05, 0.1) is 12.2 Å². The lowest BCUT2D eigenvalue weighted by Crippen LogP contribution is -2.11. The topological polar surface area (TPSA) is 43.8 Å². The molecule has 78 valence electrons. The van der Waals surface area contributed by atoms with Crippen LogP contribution < -0.4 is 5.73 Å². The molecule has 1 aromatic heterocycles. The van der Waals surface area contributed by atoms with E-state index in [1.54, 1.807) is 4.68 Å². The van der Waals surface area contributed by atoms with Gasteiger partial charge in [-0.3, -0.25) is 4.68 Å². The molecule has 3 nitrogen and oxygen atoms in total. The van der Waals surface area contributed by atoms with Crippen LogP contribution in [-0.4, -0.2) is 9.78 Å². The molecule has 0 saturated carbocycles. The minimum absolute atomic E-state index is 0.0894. The van der Waals surface area contributed by atoms with Crippen molar-refractivity contribution in [1.82, 2.24) is 9.78 Å². The van der Waals surface area contributed by atoms with Crippen molar-refractivity contribution in [2.75, 3.05) is 0 Å². The van der Waals surface area contributed by atoms with Crippen LogP contribution in [0.25, 0.3) is 0 Å². The summed E-state index contributed by atoms with van der Waals surface area (Å²) < 4.78 is 2.97. The van der Waals surface area contributed by atoms with Crippen LogP contribution in [0.3, 0.4) is 0 Å².